The van der Waals surface area contributed by atoms with Crippen molar-refractivity contribution in [3.05, 3.63) is 104 Å². The zero-order chi connectivity index (χ0) is 28.6. The van der Waals surface area contributed by atoms with Gasteiger partial charge in [-0.3, -0.25) is 19.3 Å². The number of aromatic nitrogens is 1. The van der Waals surface area contributed by atoms with Gasteiger partial charge in [0.15, 0.2) is 0 Å². The molecule has 0 aliphatic carbocycles. The van der Waals surface area contributed by atoms with Gasteiger partial charge in [-0.1, -0.05) is 35.9 Å². The number of hydrogen-bond acceptors (Lipinski definition) is 6. The molecule has 1 aromatic heterocycles. The molecule has 3 aromatic carbocycles. The number of benzene rings is 3. The Bertz CT molecular complexity index is 1650. The Balaban J connectivity index is 1.44. The second kappa shape index (κ2) is 11.1. The number of amides is 2. The summed E-state index contributed by atoms with van der Waals surface area (Å²) in [4.78, 5) is 43.0. The minimum absolute atomic E-state index is 0.00974. The number of aliphatic hydroxyl groups excluding tert-OH is 1. The maximum absolute atomic E-state index is 13.6. The molecule has 1 atom stereocenters. The molecule has 2 heterocycles. The summed E-state index contributed by atoms with van der Waals surface area (Å²) in [5.41, 5.74) is 2.97. The maximum Gasteiger partial charge on any atom is 0.257 e. The highest BCUT2D eigenvalue weighted by Gasteiger charge is 2.27. The molecule has 0 saturated carbocycles. The molecule has 9 nitrogen and oxygen atoms in total. The molecule has 206 valence electrons. The third-order valence-corrected chi connectivity index (χ3v) is 7.33. The van der Waals surface area contributed by atoms with Crippen LogP contribution in [0.2, 0.25) is 5.02 Å². The molecule has 0 unspecified atom stereocenters. The van der Waals surface area contributed by atoms with E-state index in [2.05, 4.69) is 5.32 Å². The number of anilines is 1. The van der Waals surface area contributed by atoms with Crippen molar-refractivity contribution in [2.24, 2.45) is 0 Å². The molecule has 0 spiro atoms. The van der Waals surface area contributed by atoms with Gasteiger partial charge in [0.2, 0.25) is 11.3 Å². The van der Waals surface area contributed by atoms with Crippen LogP contribution in [0.3, 0.4) is 0 Å². The van der Waals surface area contributed by atoms with Crippen LogP contribution >= 0.6 is 11.6 Å². The molecule has 10 heteroatoms. The summed E-state index contributed by atoms with van der Waals surface area (Å²) in [5.74, 6) is -0.576. The van der Waals surface area contributed by atoms with Crippen LogP contribution in [0.4, 0.5) is 5.69 Å². The first-order chi connectivity index (χ1) is 19.1. The highest BCUT2D eigenvalue weighted by atomic mass is 35.5. The average molecular weight is 561 g/mol. The van der Waals surface area contributed by atoms with Crippen LogP contribution in [0, 0.1) is 0 Å². The van der Waals surface area contributed by atoms with Crippen molar-refractivity contribution in [1.29, 1.82) is 0 Å². The van der Waals surface area contributed by atoms with E-state index in [1.54, 1.807) is 54.1 Å². The summed E-state index contributed by atoms with van der Waals surface area (Å²) >= 11 is 5.94. The number of hydrogen-bond donors (Lipinski definition) is 3. The fraction of sp³-hybridized carbons (Fsp3) is 0.233. The van der Waals surface area contributed by atoms with Crippen molar-refractivity contribution < 1.29 is 19.8 Å². The van der Waals surface area contributed by atoms with Crippen LogP contribution in [-0.4, -0.2) is 52.1 Å². The highest BCUT2D eigenvalue weighted by molar-refractivity contribution is 6.30. The van der Waals surface area contributed by atoms with Gasteiger partial charge in [-0.2, -0.15) is 0 Å². The molecule has 5 rings (SSSR count). The molecule has 4 aromatic rings. The Morgan fingerprint density at radius 1 is 1.07 bits per heavy atom. The van der Waals surface area contributed by atoms with Crippen LogP contribution in [0.25, 0.3) is 10.9 Å². The van der Waals surface area contributed by atoms with E-state index in [0.717, 1.165) is 11.1 Å². The maximum atomic E-state index is 13.6. The lowest BCUT2D eigenvalue weighted by molar-refractivity contribution is -0.119. The van der Waals surface area contributed by atoms with Crippen molar-refractivity contribution in [3.8, 4) is 5.75 Å². The first-order valence-electron chi connectivity index (χ1n) is 12.8. The molecule has 2 amide bonds. The summed E-state index contributed by atoms with van der Waals surface area (Å²) < 4.78 is 1.66. The average Bonchev–Trinajstić information content (AvgIpc) is 2.92. The van der Waals surface area contributed by atoms with Crippen molar-refractivity contribution in [2.45, 2.75) is 25.7 Å². The number of carbonyl (C=O) groups excluding carboxylic acids is 2. The van der Waals surface area contributed by atoms with Crippen LogP contribution in [0.1, 0.15) is 33.2 Å². The van der Waals surface area contributed by atoms with Gasteiger partial charge < -0.3 is 25.0 Å². The summed E-state index contributed by atoms with van der Waals surface area (Å²) in [6.07, 6.45) is 0.664. The third kappa shape index (κ3) is 5.58. The first-order valence-corrected chi connectivity index (χ1v) is 13.1. The largest absolute Gasteiger partial charge is 0.508 e. The van der Waals surface area contributed by atoms with Crippen molar-refractivity contribution in [1.82, 2.24) is 14.8 Å². The van der Waals surface area contributed by atoms with E-state index in [0.29, 0.717) is 40.3 Å². The lowest BCUT2D eigenvalue weighted by atomic mass is 10.0. The van der Waals surface area contributed by atoms with Crippen LogP contribution in [-0.2, 0) is 24.4 Å². The number of pyridine rings is 1. The molecular formula is C30H29ClN4O5. The van der Waals surface area contributed by atoms with E-state index in [-0.39, 0.29) is 30.3 Å². The number of phenols is 1. The van der Waals surface area contributed by atoms with Crippen molar-refractivity contribution >= 4 is 40.0 Å². The molecule has 0 saturated heterocycles. The molecule has 0 fully saturated rings. The van der Waals surface area contributed by atoms with E-state index in [9.17, 15) is 24.6 Å². The zero-order valence-electron chi connectivity index (χ0n) is 22.1. The monoisotopic (exact) mass is 560 g/mol. The quantitative estimate of drug-likeness (QED) is 0.304. The summed E-state index contributed by atoms with van der Waals surface area (Å²) in [6.45, 7) is 0.904. The van der Waals surface area contributed by atoms with Gasteiger partial charge in [-0.25, -0.2) is 0 Å². The molecular weight excluding hydrogens is 532 g/mol. The normalized spacial score (nSPS) is 13.6. The van der Waals surface area contributed by atoms with E-state index in [4.69, 9.17) is 11.6 Å². The highest BCUT2D eigenvalue weighted by Crippen LogP contribution is 2.31. The molecule has 3 N–H and O–H groups in total. The SMILES string of the molecule is CN(Cc1cc2c3c(c1)c(=O)c(C(=O)NCc1ccc(Cl)cc1)cn3CC(=O)N2C)C[C@H](O)c1ccc(O)cc1. The summed E-state index contributed by atoms with van der Waals surface area (Å²) in [5, 5.41) is 23.9. The first kappa shape index (κ1) is 27.4. The van der Waals surface area contributed by atoms with Crippen molar-refractivity contribution in [2.75, 3.05) is 25.5 Å². The predicted molar refractivity (Wildman–Crippen MR) is 154 cm³/mol. The lowest BCUT2D eigenvalue weighted by Gasteiger charge is -2.29. The van der Waals surface area contributed by atoms with Gasteiger partial charge in [0.25, 0.3) is 5.91 Å². The number of likely N-dealkylation sites (N-methyl/N-ethyl adjacent to an activating group) is 2. The molecule has 1 aliphatic rings. The van der Waals surface area contributed by atoms with E-state index >= 15 is 0 Å². The van der Waals surface area contributed by atoms with Crippen LogP contribution in [0.15, 0.2) is 71.7 Å². The topological polar surface area (TPSA) is 115 Å². The van der Waals surface area contributed by atoms with Gasteiger partial charge in [0, 0.05) is 43.3 Å². The van der Waals surface area contributed by atoms with E-state index in [1.807, 2.05) is 18.0 Å². The van der Waals surface area contributed by atoms with Crippen LogP contribution < -0.4 is 15.6 Å². The molecule has 1 aliphatic heterocycles. The van der Waals surface area contributed by atoms with Gasteiger partial charge >= 0.3 is 0 Å². The Kier molecular flexibility index (Phi) is 7.62. The fourth-order valence-corrected chi connectivity index (χ4v) is 5.08. The minimum Gasteiger partial charge on any atom is -0.508 e. The number of rotatable bonds is 8. The lowest BCUT2D eigenvalue weighted by Crippen LogP contribution is -2.37. The number of aromatic hydroxyl groups is 1. The molecule has 40 heavy (non-hydrogen) atoms. The number of nitrogens with zero attached hydrogens (tertiary/aromatic N) is 3. The Labute approximate surface area is 235 Å². The van der Waals surface area contributed by atoms with Gasteiger partial charge in [0.1, 0.15) is 17.9 Å². The van der Waals surface area contributed by atoms with Gasteiger partial charge in [-0.15, -0.1) is 0 Å². The minimum atomic E-state index is -0.790. The molecule has 0 radical (unpaired) electrons. The summed E-state index contributed by atoms with van der Waals surface area (Å²) in [7, 11) is 3.51. The van der Waals surface area contributed by atoms with E-state index in [1.165, 1.54) is 23.2 Å². The number of phenolic OH excluding ortho intramolecular Hbond substituents is 1. The zero-order valence-corrected chi connectivity index (χ0v) is 22.9. The second-order valence-electron chi connectivity index (χ2n) is 10.1. The Morgan fingerprint density at radius 2 is 1.77 bits per heavy atom. The number of halogens is 1. The van der Waals surface area contributed by atoms with Gasteiger partial charge in [-0.05, 0) is 60.1 Å². The fourth-order valence-electron chi connectivity index (χ4n) is 4.95. The standard InChI is InChI=1S/C30H29ClN4O5/c1-33(16-26(37)20-5-9-22(36)10-6-20)14-19-11-23-28-25(12-19)34(2)27(38)17-35(28)15-24(29(23)39)30(40)32-13-18-3-7-21(31)8-4-18/h3-12,15,26,36-37H,13-14,16-17H2,1-2H3,(H,32,40)/t26-/m0/s1. The second-order valence-corrected chi connectivity index (χ2v) is 10.5. The van der Waals surface area contributed by atoms with Gasteiger partial charge in [0.05, 0.1) is 17.3 Å². The smallest absolute Gasteiger partial charge is 0.257 e. The predicted octanol–water partition coefficient (Wildman–Crippen LogP) is 3.43. The van der Waals surface area contributed by atoms with Crippen molar-refractivity contribution in [3.63, 3.8) is 0 Å². The Morgan fingerprint density at radius 3 is 2.48 bits per heavy atom. The summed E-state index contributed by atoms with van der Waals surface area (Å²) in [6, 6.07) is 17.0. The molecule has 0 bridgehead atoms. The third-order valence-electron chi connectivity index (χ3n) is 7.08. The number of aliphatic hydroxyl groups is 1. The number of nitrogens with one attached hydrogen (secondary N) is 1. The van der Waals surface area contributed by atoms with Crippen LogP contribution in [0.5, 0.6) is 5.75 Å². The number of carbonyl (C=O) groups is 2. The Hall–Kier alpha value is -4.18. The van der Waals surface area contributed by atoms with E-state index < -0.39 is 17.4 Å².